The Morgan fingerprint density at radius 2 is 1.96 bits per heavy atom. The second-order valence-corrected chi connectivity index (χ2v) is 6.52. The molecule has 138 valence electrons. The SMILES string of the molecule is COC(=O)c1c(C)[nH]c(C(=O)N(Cc2ccc(F)cc2F)C2CC2)c1C. The Kier molecular flexibility index (Phi) is 4.80. The predicted octanol–water partition coefficient (Wildman–Crippen LogP) is 3.50. The first-order valence-corrected chi connectivity index (χ1v) is 8.35. The number of rotatable bonds is 5. The molecule has 1 fully saturated rings. The number of aromatic nitrogens is 1. The van der Waals surface area contributed by atoms with E-state index in [4.69, 9.17) is 4.74 Å². The first kappa shape index (κ1) is 18.1. The number of H-pyrrole nitrogens is 1. The van der Waals surface area contributed by atoms with Gasteiger partial charge >= 0.3 is 5.97 Å². The van der Waals surface area contributed by atoms with E-state index in [1.807, 2.05) is 0 Å². The lowest BCUT2D eigenvalue weighted by Gasteiger charge is -2.23. The van der Waals surface area contributed by atoms with E-state index in [1.54, 1.807) is 18.7 Å². The minimum absolute atomic E-state index is 0.0107. The third kappa shape index (κ3) is 3.34. The highest BCUT2D eigenvalue weighted by Gasteiger charge is 2.35. The summed E-state index contributed by atoms with van der Waals surface area (Å²) in [4.78, 5) is 29.5. The first-order chi connectivity index (χ1) is 12.3. The van der Waals surface area contributed by atoms with E-state index in [2.05, 4.69) is 4.98 Å². The van der Waals surface area contributed by atoms with Crippen LogP contribution in [-0.4, -0.2) is 34.9 Å². The summed E-state index contributed by atoms with van der Waals surface area (Å²) in [5, 5.41) is 0. The Balaban J connectivity index is 1.92. The summed E-state index contributed by atoms with van der Waals surface area (Å²) in [5.41, 5.74) is 1.92. The summed E-state index contributed by atoms with van der Waals surface area (Å²) in [6.07, 6.45) is 1.66. The maximum Gasteiger partial charge on any atom is 0.339 e. The third-order valence-corrected chi connectivity index (χ3v) is 4.65. The van der Waals surface area contributed by atoms with Crippen molar-refractivity contribution in [2.24, 2.45) is 0 Å². The molecule has 0 radical (unpaired) electrons. The zero-order chi connectivity index (χ0) is 19.0. The number of nitrogens with one attached hydrogen (secondary N) is 1. The average Bonchev–Trinajstić information content (AvgIpc) is 3.38. The molecule has 0 unspecified atom stereocenters. The van der Waals surface area contributed by atoms with Gasteiger partial charge in [0.15, 0.2) is 0 Å². The molecule has 1 heterocycles. The fraction of sp³-hybridized carbons (Fsp3) is 0.368. The van der Waals surface area contributed by atoms with Crippen LogP contribution < -0.4 is 0 Å². The molecule has 1 saturated carbocycles. The fourth-order valence-electron chi connectivity index (χ4n) is 3.10. The maximum atomic E-state index is 14.0. The number of amides is 1. The van der Waals surface area contributed by atoms with Gasteiger partial charge in [0.25, 0.3) is 5.91 Å². The van der Waals surface area contributed by atoms with Gasteiger partial charge in [0.2, 0.25) is 0 Å². The molecule has 1 aliphatic carbocycles. The van der Waals surface area contributed by atoms with Crippen LogP contribution >= 0.6 is 0 Å². The number of nitrogens with zero attached hydrogens (tertiary/aromatic N) is 1. The highest BCUT2D eigenvalue weighted by Crippen LogP contribution is 2.31. The fourth-order valence-corrected chi connectivity index (χ4v) is 3.10. The molecular formula is C19H20F2N2O3. The molecule has 0 atom stereocenters. The van der Waals surface area contributed by atoms with Crippen LogP contribution in [0.15, 0.2) is 18.2 Å². The van der Waals surface area contributed by atoms with Crippen LogP contribution in [0.25, 0.3) is 0 Å². The average molecular weight is 362 g/mol. The smallest absolute Gasteiger partial charge is 0.339 e. The number of carbonyl (C=O) groups excluding carboxylic acids is 2. The second-order valence-electron chi connectivity index (χ2n) is 6.52. The van der Waals surface area contributed by atoms with Crippen molar-refractivity contribution in [2.75, 3.05) is 7.11 Å². The number of benzene rings is 1. The van der Waals surface area contributed by atoms with E-state index in [1.165, 1.54) is 19.2 Å². The van der Waals surface area contributed by atoms with Crippen LogP contribution in [0.4, 0.5) is 8.78 Å². The second kappa shape index (κ2) is 6.90. The van der Waals surface area contributed by atoms with Crippen LogP contribution in [-0.2, 0) is 11.3 Å². The van der Waals surface area contributed by atoms with Crippen molar-refractivity contribution in [1.82, 2.24) is 9.88 Å². The molecular weight excluding hydrogens is 342 g/mol. The summed E-state index contributed by atoms with van der Waals surface area (Å²) >= 11 is 0. The molecule has 0 spiro atoms. The van der Waals surface area contributed by atoms with Crippen LogP contribution in [0.2, 0.25) is 0 Å². The molecule has 1 aliphatic rings. The van der Waals surface area contributed by atoms with E-state index >= 15 is 0 Å². The van der Waals surface area contributed by atoms with Gasteiger partial charge in [0.05, 0.1) is 12.7 Å². The number of aryl methyl sites for hydroxylation is 1. The van der Waals surface area contributed by atoms with Gasteiger partial charge in [0.1, 0.15) is 17.3 Å². The topological polar surface area (TPSA) is 62.4 Å². The molecule has 1 N–H and O–H groups in total. The van der Waals surface area contributed by atoms with Gasteiger partial charge in [-0.1, -0.05) is 6.07 Å². The number of halogens is 2. The van der Waals surface area contributed by atoms with Crippen LogP contribution in [0, 0.1) is 25.5 Å². The molecule has 0 bridgehead atoms. The quantitative estimate of drug-likeness (QED) is 0.828. The lowest BCUT2D eigenvalue weighted by atomic mass is 10.1. The Morgan fingerprint density at radius 3 is 2.54 bits per heavy atom. The van der Waals surface area contributed by atoms with E-state index in [9.17, 15) is 18.4 Å². The van der Waals surface area contributed by atoms with Gasteiger partial charge in [-0.2, -0.15) is 0 Å². The van der Waals surface area contributed by atoms with Crippen molar-refractivity contribution in [3.05, 3.63) is 57.9 Å². The number of methoxy groups -OCH3 is 1. The van der Waals surface area contributed by atoms with Gasteiger partial charge in [-0.3, -0.25) is 4.79 Å². The zero-order valence-corrected chi connectivity index (χ0v) is 14.9. The largest absolute Gasteiger partial charge is 0.465 e. The predicted molar refractivity (Wildman–Crippen MR) is 90.9 cm³/mol. The minimum Gasteiger partial charge on any atom is -0.465 e. The van der Waals surface area contributed by atoms with E-state index in [-0.39, 0.29) is 29.8 Å². The lowest BCUT2D eigenvalue weighted by molar-refractivity contribution is 0.0599. The van der Waals surface area contributed by atoms with Gasteiger partial charge in [-0.15, -0.1) is 0 Å². The molecule has 5 nitrogen and oxygen atoms in total. The highest BCUT2D eigenvalue weighted by molar-refractivity contribution is 6.00. The van der Waals surface area contributed by atoms with Crippen LogP contribution in [0.5, 0.6) is 0 Å². The number of hydrogen-bond donors (Lipinski definition) is 1. The normalized spacial score (nSPS) is 13.6. The minimum atomic E-state index is -0.682. The van der Waals surface area contributed by atoms with Crippen molar-refractivity contribution in [1.29, 1.82) is 0 Å². The summed E-state index contributed by atoms with van der Waals surface area (Å²) in [7, 11) is 1.28. The van der Waals surface area contributed by atoms with Gasteiger partial charge in [0, 0.05) is 29.9 Å². The number of carbonyl (C=O) groups is 2. The molecule has 26 heavy (non-hydrogen) atoms. The number of ether oxygens (including phenoxy) is 1. The Hall–Kier alpha value is -2.70. The summed E-state index contributed by atoms with van der Waals surface area (Å²) in [6.45, 7) is 3.41. The van der Waals surface area contributed by atoms with Crippen molar-refractivity contribution in [3.63, 3.8) is 0 Å². The molecule has 0 saturated heterocycles. The Bertz CT molecular complexity index is 872. The zero-order valence-electron chi connectivity index (χ0n) is 14.9. The Labute approximate surface area is 150 Å². The van der Waals surface area contributed by atoms with Gasteiger partial charge < -0.3 is 14.6 Å². The van der Waals surface area contributed by atoms with Crippen molar-refractivity contribution < 1.29 is 23.1 Å². The van der Waals surface area contributed by atoms with E-state index < -0.39 is 17.6 Å². The molecule has 1 aromatic carbocycles. The lowest BCUT2D eigenvalue weighted by Crippen LogP contribution is -2.33. The molecule has 1 amide bonds. The van der Waals surface area contributed by atoms with E-state index in [0.717, 1.165) is 18.9 Å². The standard InChI is InChI=1S/C19H20F2N2O3/c1-10-16(19(25)26-3)11(2)22-17(10)18(24)23(14-6-7-14)9-12-4-5-13(20)8-15(12)21/h4-5,8,14,22H,6-7,9H2,1-3H3. The molecule has 2 aromatic rings. The van der Waals surface area contributed by atoms with Crippen molar-refractivity contribution in [3.8, 4) is 0 Å². The number of hydrogen-bond acceptors (Lipinski definition) is 3. The Morgan fingerprint density at radius 1 is 1.27 bits per heavy atom. The van der Waals surface area contributed by atoms with E-state index in [0.29, 0.717) is 16.8 Å². The van der Waals surface area contributed by atoms with Crippen molar-refractivity contribution >= 4 is 11.9 Å². The van der Waals surface area contributed by atoms with Gasteiger partial charge in [-0.05, 0) is 38.3 Å². The molecule has 7 heteroatoms. The van der Waals surface area contributed by atoms with Crippen LogP contribution in [0.3, 0.4) is 0 Å². The summed E-state index contributed by atoms with van der Waals surface area (Å²) < 4.78 is 31.9. The summed E-state index contributed by atoms with van der Waals surface area (Å²) in [5.74, 6) is -2.17. The number of aromatic amines is 1. The summed E-state index contributed by atoms with van der Waals surface area (Å²) in [6, 6.07) is 3.34. The monoisotopic (exact) mass is 362 g/mol. The van der Waals surface area contributed by atoms with Gasteiger partial charge in [-0.25, -0.2) is 13.6 Å². The maximum absolute atomic E-state index is 14.0. The molecule has 0 aliphatic heterocycles. The molecule has 1 aromatic heterocycles. The third-order valence-electron chi connectivity index (χ3n) is 4.65. The van der Waals surface area contributed by atoms with Crippen molar-refractivity contribution in [2.45, 2.75) is 39.3 Å². The number of esters is 1. The molecule has 3 rings (SSSR count). The van der Waals surface area contributed by atoms with Crippen LogP contribution in [0.1, 0.15) is 50.5 Å². The highest BCUT2D eigenvalue weighted by atomic mass is 19.1. The first-order valence-electron chi connectivity index (χ1n) is 8.35.